The number of hydrogen-bond acceptors (Lipinski definition) is 8. The van der Waals surface area contributed by atoms with E-state index in [9.17, 15) is 18.0 Å². The van der Waals surface area contributed by atoms with Gasteiger partial charge in [0.05, 0.1) is 36.4 Å². The van der Waals surface area contributed by atoms with Crippen LogP contribution in [0.5, 0.6) is 0 Å². The van der Waals surface area contributed by atoms with Gasteiger partial charge >= 0.3 is 0 Å². The van der Waals surface area contributed by atoms with Gasteiger partial charge in [-0.05, 0) is 43.3 Å². The van der Waals surface area contributed by atoms with Crippen LogP contribution < -0.4 is 5.32 Å². The number of hydrogen-bond donors (Lipinski definition) is 1. The van der Waals surface area contributed by atoms with E-state index in [2.05, 4.69) is 10.3 Å². The highest BCUT2D eigenvalue weighted by molar-refractivity contribution is 8.15. The average Bonchev–Trinajstić information content (AvgIpc) is 3.19. The summed E-state index contributed by atoms with van der Waals surface area (Å²) in [4.78, 5) is 32.2. The third kappa shape index (κ3) is 6.57. The van der Waals surface area contributed by atoms with Crippen LogP contribution >= 0.6 is 11.8 Å². The van der Waals surface area contributed by atoms with Gasteiger partial charge in [0.1, 0.15) is 5.25 Å². The Hall–Kier alpha value is -2.77. The lowest BCUT2D eigenvalue weighted by atomic mass is 10.2. The molecule has 2 fully saturated rings. The maximum Gasteiger partial charge on any atom is 0.243 e. The molecular weight excluding hydrogens is 516 g/mol. The molecule has 2 aromatic carbocycles. The zero-order valence-electron chi connectivity index (χ0n) is 20.7. The Labute approximate surface area is 221 Å². The number of anilines is 1. The van der Waals surface area contributed by atoms with Gasteiger partial charge in [0.25, 0.3) is 0 Å². The molecule has 2 saturated heterocycles. The first-order valence-corrected chi connectivity index (χ1v) is 14.2. The molecule has 0 saturated carbocycles. The maximum atomic E-state index is 13.3. The van der Waals surface area contributed by atoms with Gasteiger partial charge in [-0.15, -0.1) is 0 Å². The van der Waals surface area contributed by atoms with Gasteiger partial charge in [0, 0.05) is 32.3 Å². The number of nitrogens with one attached hydrogen (secondary N) is 1. The molecule has 10 nitrogen and oxygen atoms in total. The predicted molar refractivity (Wildman–Crippen MR) is 142 cm³/mol. The third-order valence-electron chi connectivity index (χ3n) is 5.91. The highest BCUT2D eigenvalue weighted by Crippen LogP contribution is 2.34. The monoisotopic (exact) mass is 546 g/mol. The molecule has 198 valence electrons. The van der Waals surface area contributed by atoms with Crippen molar-refractivity contribution in [2.24, 2.45) is 4.99 Å². The summed E-state index contributed by atoms with van der Waals surface area (Å²) in [6, 6.07) is 15.0. The van der Waals surface area contributed by atoms with Gasteiger partial charge in [-0.2, -0.15) is 4.31 Å². The minimum Gasteiger partial charge on any atom is -0.383 e. The molecule has 0 aliphatic carbocycles. The second-order valence-electron chi connectivity index (χ2n) is 8.64. The first kappa shape index (κ1) is 27.3. The molecule has 37 heavy (non-hydrogen) atoms. The van der Waals surface area contributed by atoms with E-state index >= 15 is 0 Å². The molecular formula is C25H30N4O6S2. The molecule has 0 radical (unpaired) electrons. The van der Waals surface area contributed by atoms with Crippen molar-refractivity contribution in [3.05, 3.63) is 54.6 Å². The lowest BCUT2D eigenvalue weighted by molar-refractivity contribution is -0.130. The summed E-state index contributed by atoms with van der Waals surface area (Å²) in [6.07, 6.45) is -0.00958. The van der Waals surface area contributed by atoms with Gasteiger partial charge in [-0.3, -0.25) is 14.5 Å². The summed E-state index contributed by atoms with van der Waals surface area (Å²) in [5.74, 6) is -0.488. The van der Waals surface area contributed by atoms with Crippen LogP contribution in [0.4, 0.5) is 11.4 Å². The molecule has 2 amide bonds. The van der Waals surface area contributed by atoms with E-state index in [1.165, 1.54) is 28.2 Å². The first-order valence-electron chi connectivity index (χ1n) is 11.9. The molecule has 0 unspecified atom stereocenters. The quantitative estimate of drug-likeness (QED) is 0.514. The van der Waals surface area contributed by atoms with E-state index in [0.29, 0.717) is 49.5 Å². The third-order valence-corrected chi connectivity index (χ3v) is 8.98. The Balaban J connectivity index is 1.52. The predicted octanol–water partition coefficient (Wildman–Crippen LogP) is 2.70. The normalized spacial score (nSPS) is 20.8. The second kappa shape index (κ2) is 12.2. The van der Waals surface area contributed by atoms with Crippen molar-refractivity contribution in [1.29, 1.82) is 0 Å². The second-order valence-corrected chi connectivity index (χ2v) is 11.7. The summed E-state index contributed by atoms with van der Waals surface area (Å²) in [5, 5.41) is 2.62. The van der Waals surface area contributed by atoms with Crippen molar-refractivity contribution in [3.63, 3.8) is 0 Å². The van der Waals surface area contributed by atoms with Crippen molar-refractivity contribution < 1.29 is 27.5 Å². The zero-order chi connectivity index (χ0) is 26.4. The number of amidine groups is 1. The Kier molecular flexibility index (Phi) is 8.98. The Morgan fingerprint density at radius 1 is 1.16 bits per heavy atom. The van der Waals surface area contributed by atoms with Gasteiger partial charge in [0.15, 0.2) is 5.17 Å². The average molecular weight is 547 g/mol. The molecule has 0 spiro atoms. The van der Waals surface area contributed by atoms with Crippen LogP contribution in [-0.2, 0) is 29.1 Å². The van der Waals surface area contributed by atoms with E-state index < -0.39 is 15.3 Å². The van der Waals surface area contributed by atoms with Crippen molar-refractivity contribution in [2.75, 3.05) is 45.3 Å². The fourth-order valence-corrected chi connectivity index (χ4v) is 6.71. The number of carbonyl (C=O) groups excluding carboxylic acids is 2. The number of nitrogens with zero attached hydrogens (tertiary/aromatic N) is 3. The number of rotatable bonds is 9. The molecule has 12 heteroatoms. The Morgan fingerprint density at radius 2 is 1.84 bits per heavy atom. The van der Waals surface area contributed by atoms with Crippen LogP contribution in [0.15, 0.2) is 64.5 Å². The zero-order valence-corrected chi connectivity index (χ0v) is 22.3. The molecule has 2 heterocycles. The van der Waals surface area contributed by atoms with Gasteiger partial charge in [0.2, 0.25) is 21.8 Å². The molecule has 1 N–H and O–H groups in total. The SMILES string of the molecule is COC[C@H](C)N1C(=O)[C@H](CC(=O)Nc2ccccc2)SC1=Nc1ccc(S(=O)(=O)N2CCOCC2)cc1. The summed E-state index contributed by atoms with van der Waals surface area (Å²) in [5.41, 5.74) is 1.16. The molecule has 0 bridgehead atoms. The van der Waals surface area contributed by atoms with Crippen molar-refractivity contribution in [3.8, 4) is 0 Å². The lowest BCUT2D eigenvalue weighted by Crippen LogP contribution is -2.42. The molecule has 4 rings (SSSR count). The van der Waals surface area contributed by atoms with Crippen LogP contribution in [0.2, 0.25) is 0 Å². The van der Waals surface area contributed by atoms with Gasteiger partial charge in [-0.1, -0.05) is 30.0 Å². The standard InChI is InChI=1S/C25H30N4O6S2/c1-18(17-34-2)29-24(31)22(16-23(30)26-19-6-4-3-5-7-19)36-25(29)27-20-8-10-21(11-9-20)37(32,33)28-12-14-35-15-13-28/h3-11,18,22H,12-17H2,1-2H3,(H,26,30)/t18-,22-/m0/s1. The highest BCUT2D eigenvalue weighted by Gasteiger charge is 2.41. The minimum atomic E-state index is -3.62. The fourth-order valence-electron chi connectivity index (χ4n) is 4.06. The largest absolute Gasteiger partial charge is 0.383 e. The number of thioether (sulfide) groups is 1. The van der Waals surface area contributed by atoms with E-state index in [1.807, 2.05) is 25.1 Å². The number of aliphatic imine (C=N–C) groups is 1. The maximum absolute atomic E-state index is 13.3. The Morgan fingerprint density at radius 3 is 2.49 bits per heavy atom. The van der Waals surface area contributed by atoms with Crippen LogP contribution in [0.1, 0.15) is 13.3 Å². The number of ether oxygens (including phenoxy) is 2. The van der Waals surface area contributed by atoms with Crippen LogP contribution in [0.25, 0.3) is 0 Å². The van der Waals surface area contributed by atoms with Crippen LogP contribution in [0.3, 0.4) is 0 Å². The molecule has 2 aliphatic heterocycles. The summed E-state index contributed by atoms with van der Waals surface area (Å²) in [7, 11) is -2.07. The fraction of sp³-hybridized carbons (Fsp3) is 0.400. The number of benzene rings is 2. The van der Waals surface area contributed by atoms with E-state index in [0.717, 1.165) is 0 Å². The smallest absolute Gasteiger partial charge is 0.243 e. The van der Waals surface area contributed by atoms with Crippen molar-refractivity contribution in [1.82, 2.24) is 9.21 Å². The van der Waals surface area contributed by atoms with Crippen molar-refractivity contribution in [2.45, 2.75) is 29.5 Å². The molecule has 0 aromatic heterocycles. The number of methoxy groups -OCH3 is 1. The minimum absolute atomic E-state index is 0.00958. The molecule has 2 atom stereocenters. The number of morpholine rings is 1. The van der Waals surface area contributed by atoms with E-state index in [4.69, 9.17) is 9.47 Å². The number of sulfonamides is 1. The number of carbonyl (C=O) groups is 2. The van der Waals surface area contributed by atoms with Crippen molar-refractivity contribution >= 4 is 50.1 Å². The van der Waals surface area contributed by atoms with Crippen LogP contribution in [-0.4, -0.2) is 85.9 Å². The molecule has 2 aromatic rings. The topological polar surface area (TPSA) is 118 Å². The number of para-hydroxylation sites is 1. The molecule has 2 aliphatic rings. The van der Waals surface area contributed by atoms with Gasteiger partial charge in [-0.25, -0.2) is 13.4 Å². The summed E-state index contributed by atoms with van der Waals surface area (Å²) in [6.45, 7) is 3.52. The first-order chi connectivity index (χ1) is 17.8. The number of amides is 2. The Bertz CT molecular complexity index is 1230. The highest BCUT2D eigenvalue weighted by atomic mass is 32.2. The lowest BCUT2D eigenvalue weighted by Gasteiger charge is -2.26. The van der Waals surface area contributed by atoms with E-state index in [-0.39, 0.29) is 29.2 Å². The van der Waals surface area contributed by atoms with E-state index in [1.54, 1.807) is 36.3 Å². The van der Waals surface area contributed by atoms with Gasteiger partial charge < -0.3 is 14.8 Å². The van der Waals surface area contributed by atoms with Crippen LogP contribution in [0, 0.1) is 0 Å². The summed E-state index contributed by atoms with van der Waals surface area (Å²) < 4.78 is 37.7. The summed E-state index contributed by atoms with van der Waals surface area (Å²) >= 11 is 1.22.